The number of nitrogens with zero attached hydrogens (tertiary/aromatic N) is 3. The lowest BCUT2D eigenvalue weighted by atomic mass is 10.0. The van der Waals surface area contributed by atoms with E-state index >= 15 is 0 Å². The van der Waals surface area contributed by atoms with Crippen molar-refractivity contribution in [1.29, 1.82) is 5.26 Å². The van der Waals surface area contributed by atoms with Gasteiger partial charge in [0, 0.05) is 17.2 Å². The number of benzene rings is 2. The Bertz CT molecular complexity index is 1030. The molecule has 1 heterocycles. The fourth-order valence-electron chi connectivity index (χ4n) is 3.45. The first-order chi connectivity index (χ1) is 13.1. The van der Waals surface area contributed by atoms with E-state index in [-0.39, 0.29) is 12.1 Å². The summed E-state index contributed by atoms with van der Waals surface area (Å²) in [5, 5.41) is 13.4. The van der Waals surface area contributed by atoms with Gasteiger partial charge >= 0.3 is 0 Å². The zero-order chi connectivity index (χ0) is 19.0. The second-order valence-corrected chi connectivity index (χ2v) is 6.93. The lowest BCUT2D eigenvalue weighted by Gasteiger charge is -2.11. The van der Waals surface area contributed by atoms with Crippen LogP contribution in [0.2, 0.25) is 0 Å². The number of fused-ring (bicyclic) bond motifs is 1. The molecule has 1 atom stereocenters. The van der Waals surface area contributed by atoms with E-state index in [1.165, 1.54) is 5.56 Å². The van der Waals surface area contributed by atoms with E-state index in [1.54, 1.807) is 18.2 Å². The van der Waals surface area contributed by atoms with Gasteiger partial charge in [0.25, 0.3) is 5.89 Å². The van der Waals surface area contributed by atoms with Crippen molar-refractivity contribution in [3.63, 3.8) is 0 Å². The van der Waals surface area contributed by atoms with Crippen molar-refractivity contribution in [2.24, 2.45) is 5.73 Å². The van der Waals surface area contributed by atoms with Crippen molar-refractivity contribution < 1.29 is 9.26 Å². The first-order valence-electron chi connectivity index (χ1n) is 8.99. The minimum atomic E-state index is -0.0401. The molecule has 2 N–H and O–H groups in total. The molecule has 27 heavy (non-hydrogen) atoms. The first-order valence-corrected chi connectivity index (χ1v) is 8.99. The molecule has 0 spiro atoms. The molecule has 1 aliphatic carbocycles. The van der Waals surface area contributed by atoms with E-state index in [2.05, 4.69) is 22.3 Å². The fraction of sp³-hybridized carbons (Fsp3) is 0.286. The normalized spacial score (nSPS) is 15.6. The quantitative estimate of drug-likeness (QED) is 0.755. The van der Waals surface area contributed by atoms with Crippen LogP contribution >= 0.6 is 0 Å². The van der Waals surface area contributed by atoms with Crippen LogP contribution < -0.4 is 10.5 Å². The number of hydrogen-bond acceptors (Lipinski definition) is 6. The molecule has 0 aliphatic heterocycles. The highest BCUT2D eigenvalue weighted by Gasteiger charge is 2.24. The Labute approximate surface area is 157 Å². The van der Waals surface area contributed by atoms with Gasteiger partial charge in [-0.25, -0.2) is 0 Å². The van der Waals surface area contributed by atoms with Gasteiger partial charge in [-0.2, -0.15) is 10.2 Å². The number of ether oxygens (including phenoxy) is 1. The van der Waals surface area contributed by atoms with E-state index in [0.717, 1.165) is 24.0 Å². The average Bonchev–Trinajstić information content (AvgIpc) is 3.29. The molecular formula is C21H20N4O2. The summed E-state index contributed by atoms with van der Waals surface area (Å²) in [4.78, 5) is 4.57. The summed E-state index contributed by atoms with van der Waals surface area (Å²) in [7, 11) is 0. The average molecular weight is 360 g/mol. The van der Waals surface area contributed by atoms with Crippen LogP contribution in [0, 0.1) is 11.3 Å². The monoisotopic (exact) mass is 360 g/mol. The molecule has 0 saturated heterocycles. The van der Waals surface area contributed by atoms with E-state index in [0.29, 0.717) is 28.6 Å². The van der Waals surface area contributed by atoms with E-state index in [1.807, 2.05) is 26.0 Å². The molecule has 136 valence electrons. The number of nitrogens with two attached hydrogens (primary N) is 1. The molecule has 6 heteroatoms. The van der Waals surface area contributed by atoms with Crippen LogP contribution in [0.4, 0.5) is 0 Å². The number of rotatable bonds is 4. The van der Waals surface area contributed by atoms with Crippen molar-refractivity contribution in [3.05, 3.63) is 53.1 Å². The molecule has 2 aromatic carbocycles. The van der Waals surface area contributed by atoms with Crippen LogP contribution in [-0.2, 0) is 6.42 Å². The van der Waals surface area contributed by atoms with Crippen LogP contribution in [0.5, 0.6) is 5.75 Å². The molecule has 0 amide bonds. The van der Waals surface area contributed by atoms with E-state index in [4.69, 9.17) is 15.0 Å². The summed E-state index contributed by atoms with van der Waals surface area (Å²) in [6.07, 6.45) is 1.81. The predicted molar refractivity (Wildman–Crippen MR) is 101 cm³/mol. The topological polar surface area (TPSA) is 98.0 Å². The maximum Gasteiger partial charge on any atom is 0.258 e. The predicted octanol–water partition coefficient (Wildman–Crippen LogP) is 4.01. The van der Waals surface area contributed by atoms with E-state index < -0.39 is 0 Å². The zero-order valence-electron chi connectivity index (χ0n) is 15.3. The van der Waals surface area contributed by atoms with Crippen LogP contribution in [0.1, 0.15) is 43.0 Å². The van der Waals surface area contributed by atoms with Gasteiger partial charge in [-0.1, -0.05) is 23.4 Å². The summed E-state index contributed by atoms with van der Waals surface area (Å²) in [5.74, 6) is 1.45. The Balaban J connectivity index is 1.71. The molecule has 6 nitrogen and oxygen atoms in total. The Kier molecular flexibility index (Phi) is 4.38. The number of nitriles is 1. The summed E-state index contributed by atoms with van der Waals surface area (Å²) in [5.41, 5.74) is 10.7. The van der Waals surface area contributed by atoms with Gasteiger partial charge in [0.15, 0.2) is 0 Å². The molecule has 1 aromatic heterocycles. The second-order valence-electron chi connectivity index (χ2n) is 6.93. The van der Waals surface area contributed by atoms with Crippen LogP contribution in [0.15, 0.2) is 40.9 Å². The van der Waals surface area contributed by atoms with Gasteiger partial charge in [-0.3, -0.25) is 0 Å². The molecule has 1 unspecified atom stereocenters. The Morgan fingerprint density at radius 1 is 1.30 bits per heavy atom. The van der Waals surface area contributed by atoms with Gasteiger partial charge in [0.2, 0.25) is 5.82 Å². The summed E-state index contributed by atoms with van der Waals surface area (Å²) < 4.78 is 11.2. The lowest BCUT2D eigenvalue weighted by molar-refractivity contribution is 0.242. The Hall–Kier alpha value is -3.17. The van der Waals surface area contributed by atoms with Crippen LogP contribution in [0.25, 0.3) is 22.8 Å². The van der Waals surface area contributed by atoms with Gasteiger partial charge < -0.3 is 15.0 Å². The summed E-state index contributed by atoms with van der Waals surface area (Å²) >= 11 is 0. The van der Waals surface area contributed by atoms with E-state index in [9.17, 15) is 5.26 Å². The molecule has 3 aromatic rings. The fourth-order valence-corrected chi connectivity index (χ4v) is 3.45. The van der Waals surface area contributed by atoms with Crippen molar-refractivity contribution in [2.75, 3.05) is 0 Å². The van der Waals surface area contributed by atoms with Crippen molar-refractivity contribution in [1.82, 2.24) is 10.1 Å². The zero-order valence-corrected chi connectivity index (χ0v) is 15.3. The summed E-state index contributed by atoms with van der Waals surface area (Å²) in [6.45, 7) is 3.83. The molecule has 0 fully saturated rings. The van der Waals surface area contributed by atoms with Gasteiger partial charge in [-0.15, -0.1) is 0 Å². The third-order valence-electron chi connectivity index (χ3n) is 4.70. The second kappa shape index (κ2) is 6.86. The molecule has 0 bridgehead atoms. The van der Waals surface area contributed by atoms with Crippen molar-refractivity contribution in [3.8, 4) is 34.7 Å². The molecule has 0 saturated carbocycles. The van der Waals surface area contributed by atoms with Crippen LogP contribution in [0.3, 0.4) is 0 Å². The number of hydrogen-bond donors (Lipinski definition) is 1. The van der Waals surface area contributed by atoms with Crippen LogP contribution in [-0.4, -0.2) is 16.2 Å². The largest absolute Gasteiger partial charge is 0.490 e. The molecule has 0 radical (unpaired) electrons. The Morgan fingerprint density at radius 2 is 2.15 bits per heavy atom. The first kappa shape index (κ1) is 17.3. The van der Waals surface area contributed by atoms with Crippen molar-refractivity contribution >= 4 is 0 Å². The highest BCUT2D eigenvalue weighted by atomic mass is 16.5. The smallest absolute Gasteiger partial charge is 0.258 e. The SMILES string of the molecule is CC(C)Oc1cc(-c2nc(-c3cccc4c3CCC4N)no2)ccc1C#N. The maximum atomic E-state index is 9.26. The lowest BCUT2D eigenvalue weighted by Crippen LogP contribution is -2.06. The summed E-state index contributed by atoms with van der Waals surface area (Å²) in [6, 6.07) is 13.5. The Morgan fingerprint density at radius 3 is 2.93 bits per heavy atom. The highest BCUT2D eigenvalue weighted by molar-refractivity contribution is 5.67. The third kappa shape index (κ3) is 3.18. The molecular weight excluding hydrogens is 340 g/mol. The van der Waals surface area contributed by atoms with Crippen molar-refractivity contribution in [2.45, 2.75) is 38.8 Å². The third-order valence-corrected chi connectivity index (χ3v) is 4.70. The van der Waals surface area contributed by atoms with Gasteiger partial charge in [0.05, 0.1) is 11.7 Å². The van der Waals surface area contributed by atoms with Gasteiger partial charge in [-0.05, 0) is 56.0 Å². The van der Waals surface area contributed by atoms with Gasteiger partial charge in [0.1, 0.15) is 11.8 Å². The molecule has 4 rings (SSSR count). The molecule has 1 aliphatic rings. The number of aromatic nitrogens is 2. The maximum absolute atomic E-state index is 9.26. The minimum Gasteiger partial charge on any atom is -0.490 e. The highest BCUT2D eigenvalue weighted by Crippen LogP contribution is 2.36. The minimum absolute atomic E-state index is 0.0401. The standard InChI is InChI=1S/C21H20N4O2/c1-12(2)26-19-10-13(6-7-14(19)11-22)21-24-20(25-27-21)17-5-3-4-16-15(17)8-9-18(16)23/h3-7,10,12,18H,8-9,23H2,1-2H3.